The topological polar surface area (TPSA) is 32.3 Å². The Morgan fingerprint density at radius 1 is 1.25 bits per heavy atom. The minimum Gasteiger partial charge on any atom is -0.377 e. The normalized spacial score (nSPS) is 11.9. The van der Waals surface area contributed by atoms with Crippen molar-refractivity contribution >= 4 is 22.9 Å². The summed E-state index contributed by atoms with van der Waals surface area (Å²) in [4.78, 5) is 14.7. The molecule has 1 heterocycles. The van der Waals surface area contributed by atoms with Crippen LogP contribution in [0.5, 0.6) is 0 Å². The van der Waals surface area contributed by atoms with Gasteiger partial charge in [0.2, 0.25) is 0 Å². The van der Waals surface area contributed by atoms with Crippen LogP contribution in [0.15, 0.2) is 41.8 Å². The lowest BCUT2D eigenvalue weighted by Gasteiger charge is -2.17. The van der Waals surface area contributed by atoms with Gasteiger partial charge in [-0.15, -0.1) is 11.3 Å². The van der Waals surface area contributed by atoms with Crippen molar-refractivity contribution in [2.45, 2.75) is 19.4 Å². The van der Waals surface area contributed by atoms with E-state index in [0.29, 0.717) is 11.6 Å². The van der Waals surface area contributed by atoms with Crippen molar-refractivity contribution in [3.63, 3.8) is 0 Å². The first-order valence-electron chi connectivity index (χ1n) is 6.73. The summed E-state index contributed by atoms with van der Waals surface area (Å²) in [6, 6.07) is 12.2. The van der Waals surface area contributed by atoms with Crippen LogP contribution in [0.4, 0.5) is 5.69 Å². The molecule has 0 bridgehead atoms. The van der Waals surface area contributed by atoms with Crippen LogP contribution < -0.4 is 5.32 Å². The van der Waals surface area contributed by atoms with Crippen molar-refractivity contribution < 1.29 is 4.79 Å². The van der Waals surface area contributed by atoms with Gasteiger partial charge in [-0.25, -0.2) is 0 Å². The van der Waals surface area contributed by atoms with Gasteiger partial charge in [0.1, 0.15) is 0 Å². The molecule has 3 nitrogen and oxygen atoms in total. The average molecular weight is 288 g/mol. The van der Waals surface area contributed by atoms with Crippen LogP contribution in [0, 0.1) is 0 Å². The van der Waals surface area contributed by atoms with E-state index in [9.17, 15) is 4.79 Å². The van der Waals surface area contributed by atoms with E-state index < -0.39 is 0 Å². The van der Waals surface area contributed by atoms with Gasteiger partial charge in [0, 0.05) is 30.2 Å². The van der Waals surface area contributed by atoms with E-state index in [2.05, 4.69) is 29.8 Å². The van der Waals surface area contributed by atoms with Crippen molar-refractivity contribution in [3.05, 3.63) is 52.2 Å². The Labute approximate surface area is 124 Å². The highest BCUT2D eigenvalue weighted by atomic mass is 32.1. The average Bonchev–Trinajstić information content (AvgIpc) is 2.98. The Kier molecular flexibility index (Phi) is 4.79. The van der Waals surface area contributed by atoms with Crippen molar-refractivity contribution in [2.24, 2.45) is 0 Å². The molecule has 1 aromatic carbocycles. The molecule has 1 N–H and O–H groups in total. The quantitative estimate of drug-likeness (QED) is 0.901. The van der Waals surface area contributed by atoms with Crippen molar-refractivity contribution in [1.82, 2.24) is 4.90 Å². The molecular formula is C16H20N2OS. The predicted molar refractivity (Wildman–Crippen MR) is 85.4 cm³/mol. The Balaban J connectivity index is 2.08. The fourth-order valence-electron chi connectivity index (χ4n) is 2.03. The lowest BCUT2D eigenvalue weighted by atomic mass is 10.1. The fourth-order valence-corrected chi connectivity index (χ4v) is 2.89. The second kappa shape index (κ2) is 6.57. The van der Waals surface area contributed by atoms with E-state index in [4.69, 9.17) is 0 Å². The third-order valence-electron chi connectivity index (χ3n) is 3.17. The van der Waals surface area contributed by atoms with E-state index >= 15 is 0 Å². The molecule has 0 aliphatic rings. The van der Waals surface area contributed by atoms with Crippen LogP contribution in [0.1, 0.15) is 34.6 Å². The van der Waals surface area contributed by atoms with Gasteiger partial charge in [-0.3, -0.25) is 4.79 Å². The molecule has 20 heavy (non-hydrogen) atoms. The number of benzene rings is 1. The highest BCUT2D eigenvalue weighted by molar-refractivity contribution is 7.10. The maximum atomic E-state index is 11.8. The van der Waals surface area contributed by atoms with Crippen LogP contribution in [0.25, 0.3) is 0 Å². The first kappa shape index (κ1) is 14.6. The van der Waals surface area contributed by atoms with Crippen molar-refractivity contribution in [3.8, 4) is 0 Å². The smallest absolute Gasteiger partial charge is 0.253 e. The van der Waals surface area contributed by atoms with Gasteiger partial charge < -0.3 is 10.2 Å². The molecule has 1 aromatic heterocycles. The summed E-state index contributed by atoms with van der Waals surface area (Å²) in [5.41, 5.74) is 1.75. The number of carbonyl (C=O) groups is 1. The van der Waals surface area contributed by atoms with Crippen LogP contribution in [0.3, 0.4) is 0 Å². The second-order valence-corrected chi connectivity index (χ2v) is 5.88. The summed E-state index contributed by atoms with van der Waals surface area (Å²) in [6.45, 7) is 2.17. The van der Waals surface area contributed by atoms with Gasteiger partial charge in [-0.2, -0.15) is 0 Å². The first-order chi connectivity index (χ1) is 9.61. The molecule has 4 heteroatoms. The third kappa shape index (κ3) is 3.39. The van der Waals surface area contributed by atoms with Crippen LogP contribution in [-0.4, -0.2) is 24.9 Å². The minimum absolute atomic E-state index is 0.0295. The molecule has 1 atom stereocenters. The minimum atomic E-state index is 0.0295. The maximum Gasteiger partial charge on any atom is 0.253 e. The van der Waals surface area contributed by atoms with Crippen LogP contribution in [0.2, 0.25) is 0 Å². The van der Waals surface area contributed by atoms with Gasteiger partial charge in [-0.1, -0.05) is 13.0 Å². The SMILES string of the molecule is CCC(Nc1ccc(C(=O)N(C)C)cc1)c1cccs1. The van der Waals surface area contributed by atoms with Gasteiger partial charge >= 0.3 is 0 Å². The number of hydrogen-bond acceptors (Lipinski definition) is 3. The number of amides is 1. The lowest BCUT2D eigenvalue weighted by Crippen LogP contribution is -2.21. The number of thiophene rings is 1. The Hall–Kier alpha value is -1.81. The molecular weight excluding hydrogens is 268 g/mol. The second-order valence-electron chi connectivity index (χ2n) is 4.90. The third-order valence-corrected chi connectivity index (χ3v) is 4.16. The van der Waals surface area contributed by atoms with E-state index in [0.717, 1.165) is 12.1 Å². The molecule has 1 unspecified atom stereocenters. The molecule has 106 valence electrons. The van der Waals surface area contributed by atoms with E-state index in [1.165, 1.54) is 4.88 Å². The van der Waals surface area contributed by atoms with Gasteiger partial charge in [0.05, 0.1) is 6.04 Å². The van der Waals surface area contributed by atoms with Gasteiger partial charge in [0.25, 0.3) is 5.91 Å². The Bertz CT molecular complexity index is 546. The molecule has 0 radical (unpaired) electrons. The number of hydrogen-bond donors (Lipinski definition) is 1. The zero-order valence-corrected chi connectivity index (χ0v) is 12.9. The number of nitrogens with zero attached hydrogens (tertiary/aromatic N) is 1. The summed E-state index contributed by atoms with van der Waals surface area (Å²) in [6.07, 6.45) is 1.03. The molecule has 0 fully saturated rings. The van der Waals surface area contributed by atoms with E-state index in [1.54, 1.807) is 30.3 Å². The molecule has 0 aliphatic carbocycles. The number of carbonyl (C=O) groups excluding carboxylic acids is 1. The standard InChI is InChI=1S/C16H20N2OS/c1-4-14(15-6-5-11-20-15)17-13-9-7-12(8-10-13)16(19)18(2)3/h5-11,14,17H,4H2,1-3H3. The van der Waals surface area contributed by atoms with Gasteiger partial charge in [-0.05, 0) is 42.1 Å². The maximum absolute atomic E-state index is 11.8. The Morgan fingerprint density at radius 3 is 2.45 bits per heavy atom. The zero-order valence-electron chi connectivity index (χ0n) is 12.1. The summed E-state index contributed by atoms with van der Waals surface area (Å²) in [5, 5.41) is 5.61. The summed E-state index contributed by atoms with van der Waals surface area (Å²) < 4.78 is 0. The highest BCUT2D eigenvalue weighted by Gasteiger charge is 2.11. The lowest BCUT2D eigenvalue weighted by molar-refractivity contribution is 0.0827. The van der Waals surface area contributed by atoms with Crippen molar-refractivity contribution in [1.29, 1.82) is 0 Å². The van der Waals surface area contributed by atoms with Crippen LogP contribution in [-0.2, 0) is 0 Å². The molecule has 0 spiro atoms. The van der Waals surface area contributed by atoms with Crippen LogP contribution >= 0.6 is 11.3 Å². The molecule has 2 aromatic rings. The fraction of sp³-hybridized carbons (Fsp3) is 0.312. The zero-order chi connectivity index (χ0) is 14.5. The van der Waals surface area contributed by atoms with Gasteiger partial charge in [0.15, 0.2) is 0 Å². The van der Waals surface area contributed by atoms with E-state index in [1.807, 2.05) is 24.3 Å². The Morgan fingerprint density at radius 2 is 1.95 bits per heavy atom. The molecule has 0 saturated carbocycles. The number of rotatable bonds is 5. The molecule has 1 amide bonds. The largest absolute Gasteiger partial charge is 0.377 e. The molecule has 0 aliphatic heterocycles. The summed E-state index contributed by atoms with van der Waals surface area (Å²) in [5.74, 6) is 0.0295. The highest BCUT2D eigenvalue weighted by Crippen LogP contribution is 2.26. The number of nitrogens with one attached hydrogen (secondary N) is 1. The van der Waals surface area contributed by atoms with E-state index in [-0.39, 0.29) is 5.91 Å². The molecule has 2 rings (SSSR count). The number of anilines is 1. The summed E-state index contributed by atoms with van der Waals surface area (Å²) in [7, 11) is 3.52. The van der Waals surface area contributed by atoms with Crippen molar-refractivity contribution in [2.75, 3.05) is 19.4 Å². The predicted octanol–water partition coefficient (Wildman–Crippen LogP) is 4.01. The summed E-state index contributed by atoms with van der Waals surface area (Å²) >= 11 is 1.76. The first-order valence-corrected chi connectivity index (χ1v) is 7.61. The molecule has 0 saturated heterocycles. The monoisotopic (exact) mass is 288 g/mol.